The van der Waals surface area contributed by atoms with E-state index < -0.39 is 11.0 Å². The van der Waals surface area contributed by atoms with Gasteiger partial charge < -0.3 is 10.4 Å². The second-order valence-corrected chi connectivity index (χ2v) is 7.83. The van der Waals surface area contributed by atoms with Crippen LogP contribution in [0.1, 0.15) is 37.3 Å². The van der Waals surface area contributed by atoms with E-state index in [1.807, 2.05) is 44.2 Å². The molecule has 0 bridgehead atoms. The quantitative estimate of drug-likeness (QED) is 0.857. The molecule has 0 saturated carbocycles. The minimum Gasteiger partial charge on any atom is -0.394 e. The van der Waals surface area contributed by atoms with Gasteiger partial charge in [-0.1, -0.05) is 54.1 Å². The second-order valence-electron chi connectivity index (χ2n) is 7.39. The molecule has 2 N–H and O–H groups in total. The molecule has 0 amide bonds. The smallest absolute Gasteiger partial charge is 0.165 e. The van der Waals surface area contributed by atoms with E-state index in [2.05, 4.69) is 17.4 Å². The Morgan fingerprint density at radius 3 is 2.44 bits per heavy atom. The Kier molecular flexibility index (Phi) is 5.01. The molecule has 2 aromatic carbocycles. The topological polar surface area (TPSA) is 49.3 Å². The molecular weight excluding hydrogens is 334 g/mol. The third-order valence-corrected chi connectivity index (χ3v) is 5.64. The van der Waals surface area contributed by atoms with Crippen molar-refractivity contribution < 1.29 is 9.90 Å². The minimum atomic E-state index is -0.913. The first kappa shape index (κ1) is 18.1. The van der Waals surface area contributed by atoms with Gasteiger partial charge in [0.2, 0.25) is 0 Å². The molecular formula is C21H24ClNO2. The molecule has 4 heteroatoms. The van der Waals surface area contributed by atoms with Gasteiger partial charge in [-0.25, -0.2) is 0 Å². The Bertz CT molecular complexity index is 742. The number of carbonyl (C=O) groups is 1. The van der Waals surface area contributed by atoms with E-state index in [0.717, 1.165) is 5.56 Å². The van der Waals surface area contributed by atoms with Crippen LogP contribution in [0.3, 0.4) is 0 Å². The molecule has 1 aliphatic rings. The molecule has 1 fully saturated rings. The van der Waals surface area contributed by atoms with Crippen molar-refractivity contribution in [3.8, 4) is 0 Å². The van der Waals surface area contributed by atoms with E-state index in [4.69, 9.17) is 11.6 Å². The van der Waals surface area contributed by atoms with Crippen molar-refractivity contribution >= 4 is 17.4 Å². The zero-order chi connectivity index (χ0) is 18.1. The van der Waals surface area contributed by atoms with Crippen molar-refractivity contribution in [2.45, 2.75) is 37.1 Å². The summed E-state index contributed by atoms with van der Waals surface area (Å²) < 4.78 is 0. The molecule has 2 atom stereocenters. The highest BCUT2D eigenvalue weighted by molar-refractivity contribution is 6.30. The SMILES string of the molecule is CC(C)(C(=O)[C@@]1(CO)C[C@H](c2ccccc2)CN1)c1ccc(Cl)cc1. The molecule has 3 rings (SSSR count). The average molecular weight is 358 g/mol. The first-order valence-electron chi connectivity index (χ1n) is 8.61. The molecule has 0 aromatic heterocycles. The summed E-state index contributed by atoms with van der Waals surface area (Å²) in [6, 6.07) is 17.5. The Labute approximate surface area is 154 Å². The number of hydrogen-bond donors (Lipinski definition) is 2. The number of rotatable bonds is 5. The lowest BCUT2D eigenvalue weighted by Crippen LogP contribution is -2.57. The van der Waals surface area contributed by atoms with E-state index >= 15 is 0 Å². The maximum absolute atomic E-state index is 13.4. The van der Waals surface area contributed by atoms with Crippen LogP contribution in [-0.2, 0) is 10.2 Å². The molecule has 0 spiro atoms. The highest BCUT2D eigenvalue weighted by Crippen LogP contribution is 2.38. The highest BCUT2D eigenvalue weighted by atomic mass is 35.5. The largest absolute Gasteiger partial charge is 0.394 e. The average Bonchev–Trinajstić information content (AvgIpc) is 3.08. The molecule has 3 nitrogen and oxygen atoms in total. The van der Waals surface area contributed by atoms with Gasteiger partial charge in [0.05, 0.1) is 12.0 Å². The third-order valence-electron chi connectivity index (χ3n) is 5.39. The van der Waals surface area contributed by atoms with Gasteiger partial charge in [-0.3, -0.25) is 4.79 Å². The van der Waals surface area contributed by atoms with Crippen molar-refractivity contribution in [3.05, 3.63) is 70.7 Å². The lowest BCUT2D eigenvalue weighted by Gasteiger charge is -2.35. The molecule has 1 aliphatic heterocycles. The van der Waals surface area contributed by atoms with Crippen LogP contribution in [0, 0.1) is 0 Å². The van der Waals surface area contributed by atoms with Gasteiger partial charge in [0.25, 0.3) is 0 Å². The van der Waals surface area contributed by atoms with E-state index in [1.54, 1.807) is 12.1 Å². The number of benzene rings is 2. The van der Waals surface area contributed by atoms with Gasteiger partial charge in [-0.15, -0.1) is 0 Å². The number of halogens is 1. The fraction of sp³-hybridized carbons (Fsp3) is 0.381. The first-order valence-corrected chi connectivity index (χ1v) is 8.99. The van der Waals surface area contributed by atoms with Crippen LogP contribution < -0.4 is 5.32 Å². The number of nitrogens with one attached hydrogen (secondary N) is 1. The van der Waals surface area contributed by atoms with Crippen molar-refractivity contribution in [2.75, 3.05) is 13.2 Å². The summed E-state index contributed by atoms with van der Waals surface area (Å²) >= 11 is 5.97. The number of hydrogen-bond acceptors (Lipinski definition) is 3. The van der Waals surface area contributed by atoms with Crippen LogP contribution in [0.25, 0.3) is 0 Å². The minimum absolute atomic E-state index is 0.0169. The van der Waals surface area contributed by atoms with Gasteiger partial charge in [-0.2, -0.15) is 0 Å². The van der Waals surface area contributed by atoms with Crippen LogP contribution in [0.4, 0.5) is 0 Å². The number of ketones is 1. The predicted molar refractivity (Wildman–Crippen MR) is 101 cm³/mol. The number of aliphatic hydroxyl groups is 1. The Hall–Kier alpha value is -1.68. The van der Waals surface area contributed by atoms with Crippen molar-refractivity contribution in [1.29, 1.82) is 0 Å². The third kappa shape index (κ3) is 3.37. The van der Waals surface area contributed by atoms with Crippen molar-refractivity contribution in [2.24, 2.45) is 0 Å². The van der Waals surface area contributed by atoms with Crippen LogP contribution >= 0.6 is 11.6 Å². The maximum Gasteiger partial charge on any atom is 0.165 e. The fourth-order valence-corrected chi connectivity index (χ4v) is 3.93. The summed E-state index contributed by atoms with van der Waals surface area (Å²) in [5.41, 5.74) is 0.470. The summed E-state index contributed by atoms with van der Waals surface area (Å²) in [6.45, 7) is 4.31. The van der Waals surface area contributed by atoms with E-state index in [-0.39, 0.29) is 18.3 Å². The molecule has 1 heterocycles. The summed E-state index contributed by atoms with van der Waals surface area (Å²) in [4.78, 5) is 13.4. The lowest BCUT2D eigenvalue weighted by molar-refractivity contribution is -0.131. The van der Waals surface area contributed by atoms with Crippen LogP contribution in [-0.4, -0.2) is 29.6 Å². The van der Waals surface area contributed by atoms with Gasteiger partial charge in [0.1, 0.15) is 5.54 Å². The number of carbonyl (C=O) groups excluding carboxylic acids is 1. The Balaban J connectivity index is 1.87. The van der Waals surface area contributed by atoms with Gasteiger partial charge in [0, 0.05) is 11.6 Å². The van der Waals surface area contributed by atoms with Gasteiger partial charge in [0.15, 0.2) is 5.78 Å². The highest BCUT2D eigenvalue weighted by Gasteiger charge is 2.50. The zero-order valence-corrected chi connectivity index (χ0v) is 15.4. The predicted octanol–water partition coefficient (Wildman–Crippen LogP) is 3.69. The van der Waals surface area contributed by atoms with Crippen LogP contribution in [0.5, 0.6) is 0 Å². The monoisotopic (exact) mass is 357 g/mol. The first-order chi connectivity index (χ1) is 11.9. The maximum atomic E-state index is 13.4. The van der Waals surface area contributed by atoms with E-state index in [0.29, 0.717) is 18.0 Å². The van der Waals surface area contributed by atoms with Crippen molar-refractivity contribution in [3.63, 3.8) is 0 Å². The molecule has 0 unspecified atom stereocenters. The lowest BCUT2D eigenvalue weighted by atomic mass is 9.71. The normalized spacial score (nSPS) is 23.6. The zero-order valence-electron chi connectivity index (χ0n) is 14.6. The fourth-order valence-electron chi connectivity index (χ4n) is 3.81. The van der Waals surface area contributed by atoms with Gasteiger partial charge in [-0.05, 0) is 49.4 Å². The molecule has 2 aromatic rings. The summed E-state index contributed by atoms with van der Waals surface area (Å²) in [7, 11) is 0. The molecule has 0 aliphatic carbocycles. The molecule has 1 saturated heterocycles. The second kappa shape index (κ2) is 6.91. The Morgan fingerprint density at radius 2 is 1.84 bits per heavy atom. The number of aliphatic hydroxyl groups excluding tert-OH is 1. The molecule has 132 valence electrons. The molecule has 25 heavy (non-hydrogen) atoms. The Morgan fingerprint density at radius 1 is 1.20 bits per heavy atom. The summed E-state index contributed by atoms with van der Waals surface area (Å²) in [5.74, 6) is 0.238. The molecule has 0 radical (unpaired) electrons. The van der Waals surface area contributed by atoms with Crippen LogP contribution in [0.15, 0.2) is 54.6 Å². The summed E-state index contributed by atoms with van der Waals surface area (Å²) in [6.07, 6.45) is 0.601. The van der Waals surface area contributed by atoms with Crippen molar-refractivity contribution in [1.82, 2.24) is 5.32 Å². The standard InChI is InChI=1S/C21H24ClNO2/c1-20(2,17-8-10-18(22)11-9-17)19(25)21(14-24)12-16(13-23-21)15-6-4-3-5-7-15/h3-11,16,23-24H,12-14H2,1-2H3/t16-,21-/m0/s1. The van der Waals surface area contributed by atoms with Crippen LogP contribution in [0.2, 0.25) is 5.02 Å². The summed E-state index contributed by atoms with van der Waals surface area (Å²) in [5, 5.41) is 14.1. The number of Topliss-reactive ketones (excluding diaryl/α,β-unsaturated/α-hetero) is 1. The van der Waals surface area contributed by atoms with Gasteiger partial charge >= 0.3 is 0 Å². The van der Waals surface area contributed by atoms with E-state index in [9.17, 15) is 9.90 Å². The van der Waals surface area contributed by atoms with E-state index in [1.165, 1.54) is 5.56 Å².